The molecule has 8 heteroatoms. The number of ether oxygens (including phenoxy) is 4. The van der Waals surface area contributed by atoms with Crippen molar-refractivity contribution in [3.05, 3.63) is 59.2 Å². The van der Waals surface area contributed by atoms with Crippen molar-refractivity contribution in [1.82, 2.24) is 4.90 Å². The zero-order valence-electron chi connectivity index (χ0n) is 29.6. The molecule has 0 aromatic heterocycles. The highest BCUT2D eigenvalue weighted by Crippen LogP contribution is 2.43. The van der Waals surface area contributed by atoms with Gasteiger partial charge in [0.1, 0.15) is 24.3 Å². The normalized spacial score (nSPS) is 19.8. The first kappa shape index (κ1) is 35.9. The predicted molar refractivity (Wildman–Crippen MR) is 179 cm³/mol. The largest absolute Gasteiger partial charge is 0.497 e. The zero-order chi connectivity index (χ0) is 33.9. The molecule has 248 valence electrons. The van der Waals surface area contributed by atoms with Gasteiger partial charge in [-0.05, 0) is 41.4 Å². The molecule has 4 atom stereocenters. The van der Waals surface area contributed by atoms with Gasteiger partial charge in [-0.3, -0.25) is 9.69 Å². The van der Waals surface area contributed by atoms with Gasteiger partial charge in [-0.15, -0.1) is 0 Å². The molecule has 1 aliphatic rings. The van der Waals surface area contributed by atoms with Crippen molar-refractivity contribution in [1.29, 1.82) is 0 Å². The first-order chi connectivity index (χ1) is 20.8. The molecule has 0 unspecified atom stereocenters. The summed E-state index contributed by atoms with van der Waals surface area (Å²) < 4.78 is 23.5. The Hall–Kier alpha value is -3.55. The average Bonchev–Trinajstić information content (AvgIpc) is 2.94. The molecule has 1 heterocycles. The second-order valence-corrected chi connectivity index (χ2v) is 15.3. The lowest BCUT2D eigenvalue weighted by Crippen LogP contribution is -2.59. The van der Waals surface area contributed by atoms with Gasteiger partial charge in [-0.2, -0.15) is 0 Å². The number of nitrogens with zero attached hydrogens (tertiary/aromatic N) is 2. The monoisotopic (exact) mass is 622 g/mol. The summed E-state index contributed by atoms with van der Waals surface area (Å²) in [6.45, 7) is 22.8. The molecule has 1 amide bonds. The van der Waals surface area contributed by atoms with Crippen LogP contribution in [-0.4, -0.2) is 49.3 Å². The molecular formula is C37H54N2O6. The fourth-order valence-electron chi connectivity index (χ4n) is 5.94. The van der Waals surface area contributed by atoms with Crippen molar-refractivity contribution in [3.63, 3.8) is 0 Å². The maximum atomic E-state index is 13.7. The van der Waals surface area contributed by atoms with Crippen LogP contribution in [0.15, 0.2) is 47.5 Å². The van der Waals surface area contributed by atoms with Crippen molar-refractivity contribution >= 4 is 18.0 Å². The van der Waals surface area contributed by atoms with E-state index in [1.807, 2.05) is 77.1 Å². The number of esters is 1. The van der Waals surface area contributed by atoms with Crippen LogP contribution in [0.25, 0.3) is 0 Å². The van der Waals surface area contributed by atoms with Crippen LogP contribution in [0.2, 0.25) is 0 Å². The van der Waals surface area contributed by atoms with Crippen LogP contribution in [0.3, 0.4) is 0 Å². The van der Waals surface area contributed by atoms with Crippen LogP contribution in [-0.2, 0) is 31.7 Å². The highest BCUT2D eigenvalue weighted by atomic mass is 16.6. The molecule has 2 aromatic rings. The Bertz CT molecular complexity index is 1330. The Kier molecular flexibility index (Phi) is 11.0. The van der Waals surface area contributed by atoms with Gasteiger partial charge >= 0.3 is 12.1 Å². The third-order valence-corrected chi connectivity index (χ3v) is 8.39. The van der Waals surface area contributed by atoms with E-state index in [1.165, 1.54) is 0 Å². The minimum absolute atomic E-state index is 0.101. The summed E-state index contributed by atoms with van der Waals surface area (Å²) in [5.74, 6) is 0.843. The maximum absolute atomic E-state index is 13.7. The highest BCUT2D eigenvalue weighted by molar-refractivity contribution is 5.84. The molecule has 3 rings (SSSR count). The summed E-state index contributed by atoms with van der Waals surface area (Å²) >= 11 is 0. The molecular weight excluding hydrogens is 568 g/mol. The predicted octanol–water partition coefficient (Wildman–Crippen LogP) is 8.30. The molecule has 0 saturated heterocycles. The van der Waals surface area contributed by atoms with Gasteiger partial charge in [0.15, 0.2) is 5.90 Å². The van der Waals surface area contributed by atoms with Crippen LogP contribution in [0.1, 0.15) is 99.3 Å². The lowest BCUT2D eigenvalue weighted by atomic mass is 9.79. The molecule has 1 aliphatic heterocycles. The van der Waals surface area contributed by atoms with E-state index >= 15 is 0 Å². The highest BCUT2D eigenvalue weighted by Gasteiger charge is 2.47. The number of hydrogen-bond donors (Lipinski definition) is 0. The summed E-state index contributed by atoms with van der Waals surface area (Å²) in [6, 6.07) is 13.1. The molecule has 0 fully saturated rings. The number of amides is 1. The lowest BCUT2D eigenvalue weighted by molar-refractivity contribution is -0.136. The van der Waals surface area contributed by atoms with Gasteiger partial charge in [0.2, 0.25) is 0 Å². The van der Waals surface area contributed by atoms with E-state index < -0.39 is 17.7 Å². The minimum Gasteiger partial charge on any atom is -0.497 e. The first-order valence-electron chi connectivity index (χ1n) is 15.8. The van der Waals surface area contributed by atoms with E-state index in [2.05, 4.69) is 41.5 Å². The lowest BCUT2D eigenvalue weighted by Gasteiger charge is -2.47. The fraction of sp³-hybridized carbons (Fsp3) is 0.595. The van der Waals surface area contributed by atoms with E-state index in [-0.39, 0.29) is 47.7 Å². The van der Waals surface area contributed by atoms with Gasteiger partial charge in [0.25, 0.3) is 0 Å². The Balaban J connectivity index is 1.93. The third kappa shape index (κ3) is 8.59. The number of hydrogen-bond acceptors (Lipinski definition) is 7. The molecule has 2 aromatic carbocycles. The summed E-state index contributed by atoms with van der Waals surface area (Å²) in [6.07, 6.45) is -0.860. The second-order valence-electron chi connectivity index (χ2n) is 15.3. The molecule has 0 aliphatic carbocycles. The van der Waals surface area contributed by atoms with E-state index in [4.69, 9.17) is 23.9 Å². The summed E-state index contributed by atoms with van der Waals surface area (Å²) in [4.78, 5) is 34.1. The van der Waals surface area contributed by atoms with Crippen LogP contribution in [0.5, 0.6) is 11.5 Å². The molecule has 45 heavy (non-hydrogen) atoms. The molecule has 0 bridgehead atoms. The van der Waals surface area contributed by atoms with Gasteiger partial charge in [0, 0.05) is 29.0 Å². The van der Waals surface area contributed by atoms with Gasteiger partial charge in [-0.1, -0.05) is 99.6 Å². The molecule has 8 nitrogen and oxygen atoms in total. The average molecular weight is 623 g/mol. The number of methoxy groups -OCH3 is 2. The van der Waals surface area contributed by atoms with E-state index in [9.17, 15) is 9.59 Å². The van der Waals surface area contributed by atoms with Crippen molar-refractivity contribution in [2.24, 2.45) is 22.2 Å². The number of rotatable bonds is 7. The quantitative estimate of drug-likeness (QED) is 0.228. The van der Waals surface area contributed by atoms with Crippen molar-refractivity contribution < 1.29 is 28.5 Å². The van der Waals surface area contributed by atoms with E-state index in [0.29, 0.717) is 11.6 Å². The zero-order valence-corrected chi connectivity index (χ0v) is 29.6. The standard InChI is InChI=1S/C37H54N2O6/c1-23(19-29(40)45-31-27(35(3,4)5)20-26(42-12)21-28(31)36(6,7)8)30-24(2)39(33(37(9,10)11)38-32(30)43-13)34(41)44-22-25-17-15-14-16-18-25/h14-18,20-21,23-24,30,33H,19,22H2,1-13H3/t23-,24-,30-,33+/m0/s1. The third-order valence-electron chi connectivity index (χ3n) is 8.39. The van der Waals surface area contributed by atoms with Crippen LogP contribution >= 0.6 is 0 Å². The smallest absolute Gasteiger partial charge is 0.412 e. The molecule has 0 saturated carbocycles. The Labute approximate surface area is 270 Å². The first-order valence-corrected chi connectivity index (χ1v) is 15.8. The van der Waals surface area contributed by atoms with Crippen LogP contribution in [0.4, 0.5) is 4.79 Å². The minimum atomic E-state index is -0.510. The summed E-state index contributed by atoms with van der Waals surface area (Å²) in [5.41, 5.74) is 1.71. The van der Waals surface area contributed by atoms with Gasteiger partial charge in [0.05, 0.1) is 20.1 Å². The van der Waals surface area contributed by atoms with Crippen molar-refractivity contribution in [2.45, 2.75) is 112 Å². The van der Waals surface area contributed by atoms with E-state index in [1.54, 1.807) is 19.1 Å². The number of carbonyl (C=O) groups is 2. The maximum Gasteiger partial charge on any atom is 0.412 e. The van der Waals surface area contributed by atoms with Crippen molar-refractivity contribution in [2.75, 3.05) is 14.2 Å². The number of aliphatic imine (C=N–C) groups is 1. The van der Waals surface area contributed by atoms with Gasteiger partial charge in [-0.25, -0.2) is 9.79 Å². The van der Waals surface area contributed by atoms with Crippen LogP contribution in [0, 0.1) is 17.3 Å². The Morgan fingerprint density at radius 2 is 1.44 bits per heavy atom. The Morgan fingerprint density at radius 1 is 0.889 bits per heavy atom. The molecule has 0 radical (unpaired) electrons. The topological polar surface area (TPSA) is 86.7 Å². The molecule has 0 N–H and O–H groups in total. The summed E-state index contributed by atoms with van der Waals surface area (Å²) in [7, 11) is 3.24. The van der Waals surface area contributed by atoms with E-state index in [0.717, 1.165) is 22.4 Å². The Morgan fingerprint density at radius 3 is 1.91 bits per heavy atom. The number of benzene rings is 2. The second kappa shape index (κ2) is 13.8. The van der Waals surface area contributed by atoms with Crippen LogP contribution < -0.4 is 9.47 Å². The molecule has 0 spiro atoms. The van der Waals surface area contributed by atoms with Gasteiger partial charge < -0.3 is 18.9 Å². The fourth-order valence-corrected chi connectivity index (χ4v) is 5.94. The van der Waals surface area contributed by atoms with Crippen molar-refractivity contribution in [3.8, 4) is 11.5 Å². The SMILES string of the molecule is COC1=N[C@@H](C(C)(C)C)N(C(=O)OCc2ccccc2)[C@@H](C)[C@@H]1[C@@H](C)CC(=O)Oc1c(C(C)(C)C)cc(OC)cc1C(C)(C)C. The number of carbonyl (C=O) groups excluding carboxylic acids is 2. The summed E-state index contributed by atoms with van der Waals surface area (Å²) in [5, 5.41) is 0.